The zero-order valence-electron chi connectivity index (χ0n) is 51.1. The van der Waals surface area contributed by atoms with Crippen LogP contribution in [0, 0.1) is 0 Å². The number of hydrogen-bond donors (Lipinski definition) is 0. The van der Waals surface area contributed by atoms with E-state index in [4.69, 9.17) is 14.2 Å². The van der Waals surface area contributed by atoms with Crippen LogP contribution in [-0.2, 0) is 28.6 Å². The fourth-order valence-electron chi connectivity index (χ4n) is 8.50. The van der Waals surface area contributed by atoms with Gasteiger partial charge in [0.05, 0.1) is 0 Å². The van der Waals surface area contributed by atoms with Gasteiger partial charge < -0.3 is 14.2 Å². The van der Waals surface area contributed by atoms with Crippen molar-refractivity contribution < 1.29 is 28.6 Å². The van der Waals surface area contributed by atoms with E-state index in [0.29, 0.717) is 19.3 Å². The summed E-state index contributed by atoms with van der Waals surface area (Å²) in [7, 11) is 0. The third kappa shape index (κ3) is 64.0. The summed E-state index contributed by atoms with van der Waals surface area (Å²) in [5.41, 5.74) is 0. The van der Waals surface area contributed by atoms with Crippen molar-refractivity contribution in [3.63, 3.8) is 0 Å². The van der Waals surface area contributed by atoms with E-state index in [1.165, 1.54) is 89.9 Å². The quantitative estimate of drug-likeness (QED) is 0.0261. The first-order valence-electron chi connectivity index (χ1n) is 32.3. The first-order chi connectivity index (χ1) is 39.0. The maximum atomic E-state index is 12.9. The summed E-state index contributed by atoms with van der Waals surface area (Å²) in [6.07, 6.45) is 94.3. The van der Waals surface area contributed by atoms with Crippen LogP contribution >= 0.6 is 0 Å². The number of rotatable bonds is 57. The third-order valence-corrected chi connectivity index (χ3v) is 13.3. The van der Waals surface area contributed by atoms with E-state index < -0.39 is 6.10 Å². The molecule has 0 aliphatic carbocycles. The second kappa shape index (κ2) is 65.8. The summed E-state index contributed by atoms with van der Waals surface area (Å²) in [6, 6.07) is 0. The van der Waals surface area contributed by atoms with Crippen molar-refractivity contribution in [3.8, 4) is 0 Å². The van der Waals surface area contributed by atoms with Crippen molar-refractivity contribution in [1.82, 2.24) is 0 Å². The predicted molar refractivity (Wildman–Crippen MR) is 343 cm³/mol. The van der Waals surface area contributed by atoms with E-state index in [9.17, 15) is 14.4 Å². The van der Waals surface area contributed by atoms with Gasteiger partial charge in [0.2, 0.25) is 0 Å². The van der Waals surface area contributed by atoms with Crippen LogP contribution in [0.3, 0.4) is 0 Å². The van der Waals surface area contributed by atoms with Crippen molar-refractivity contribution >= 4 is 17.9 Å². The largest absolute Gasteiger partial charge is 0.462 e. The Morgan fingerprint density at radius 3 is 0.785 bits per heavy atom. The molecule has 0 aliphatic heterocycles. The van der Waals surface area contributed by atoms with Crippen LogP contribution in [0.5, 0.6) is 0 Å². The Bertz CT molecular complexity index is 1730. The van der Waals surface area contributed by atoms with Crippen molar-refractivity contribution in [2.24, 2.45) is 0 Å². The van der Waals surface area contributed by atoms with Crippen LogP contribution in [-0.4, -0.2) is 37.2 Å². The van der Waals surface area contributed by atoms with Gasteiger partial charge in [-0.2, -0.15) is 0 Å². The van der Waals surface area contributed by atoms with E-state index in [1.807, 2.05) is 0 Å². The molecule has 79 heavy (non-hydrogen) atoms. The van der Waals surface area contributed by atoms with Crippen molar-refractivity contribution in [2.75, 3.05) is 13.2 Å². The molecule has 0 aromatic heterocycles. The molecule has 0 rings (SSSR count). The van der Waals surface area contributed by atoms with Crippen molar-refractivity contribution in [3.05, 3.63) is 146 Å². The molecule has 0 amide bonds. The smallest absolute Gasteiger partial charge is 0.306 e. The van der Waals surface area contributed by atoms with E-state index in [-0.39, 0.29) is 31.1 Å². The van der Waals surface area contributed by atoms with Gasteiger partial charge in [0.15, 0.2) is 6.10 Å². The molecule has 1 atom stereocenters. The minimum Gasteiger partial charge on any atom is -0.462 e. The molecule has 0 fully saturated rings. The average molecular weight is 1090 g/mol. The molecule has 0 radical (unpaired) electrons. The van der Waals surface area contributed by atoms with Crippen LogP contribution in [0.4, 0.5) is 0 Å². The number of unbranched alkanes of at least 4 members (excludes halogenated alkanes) is 22. The highest BCUT2D eigenvalue weighted by Crippen LogP contribution is 2.14. The Labute approximate surface area is 487 Å². The molecule has 0 bridgehead atoms. The highest BCUT2D eigenvalue weighted by atomic mass is 16.6. The molecule has 0 heterocycles. The minimum absolute atomic E-state index is 0.0973. The number of carbonyl (C=O) groups excluding carboxylic acids is 3. The maximum absolute atomic E-state index is 12.9. The molecule has 0 aliphatic rings. The summed E-state index contributed by atoms with van der Waals surface area (Å²) in [5.74, 6) is -0.948. The Morgan fingerprint density at radius 1 is 0.266 bits per heavy atom. The van der Waals surface area contributed by atoms with Gasteiger partial charge in [0.25, 0.3) is 0 Å². The van der Waals surface area contributed by atoms with Gasteiger partial charge in [-0.1, -0.05) is 276 Å². The van der Waals surface area contributed by atoms with E-state index in [2.05, 4.69) is 167 Å². The van der Waals surface area contributed by atoms with Gasteiger partial charge in [-0.05, 0) is 128 Å². The Kier molecular flexibility index (Phi) is 61.9. The normalized spacial score (nSPS) is 13.1. The topological polar surface area (TPSA) is 78.9 Å². The molecule has 0 N–H and O–H groups in total. The zero-order valence-corrected chi connectivity index (χ0v) is 51.1. The van der Waals surface area contributed by atoms with Gasteiger partial charge in [-0.3, -0.25) is 14.4 Å². The lowest BCUT2D eigenvalue weighted by molar-refractivity contribution is -0.167. The molecule has 0 aromatic carbocycles. The Balaban J connectivity index is 4.34. The van der Waals surface area contributed by atoms with E-state index in [1.54, 1.807) is 0 Å². The maximum Gasteiger partial charge on any atom is 0.306 e. The fraction of sp³-hybridized carbons (Fsp3) is 0.630. The van der Waals surface area contributed by atoms with Gasteiger partial charge in [-0.15, -0.1) is 0 Å². The Morgan fingerprint density at radius 2 is 0.494 bits per heavy atom. The SMILES string of the molecule is CC/C=C\C/C=C\C/C=C\C/C=C\C/C=C\C/C=C\C/C=C\C/C=C\C/C=C\CCCCCC(=O)OCC(COC(=O)CCCCCCCCCCC)OC(=O)CCCCCCCC/C=C\C/C=C\C/C=C\CCCCCCC. The van der Waals surface area contributed by atoms with Crippen LogP contribution in [0.25, 0.3) is 0 Å². The Hall–Kier alpha value is -4.71. The van der Waals surface area contributed by atoms with Crippen LogP contribution in [0.2, 0.25) is 0 Å². The second-order valence-electron chi connectivity index (χ2n) is 20.9. The van der Waals surface area contributed by atoms with Crippen LogP contribution in [0.1, 0.15) is 278 Å². The molecule has 0 spiro atoms. The molecule has 446 valence electrons. The number of hydrogen-bond acceptors (Lipinski definition) is 6. The van der Waals surface area contributed by atoms with Gasteiger partial charge in [-0.25, -0.2) is 0 Å². The van der Waals surface area contributed by atoms with E-state index in [0.717, 1.165) is 148 Å². The molecule has 0 saturated heterocycles. The molecule has 6 heteroatoms. The fourth-order valence-corrected chi connectivity index (χ4v) is 8.50. The first kappa shape index (κ1) is 74.3. The van der Waals surface area contributed by atoms with Crippen molar-refractivity contribution in [1.29, 1.82) is 0 Å². The third-order valence-electron chi connectivity index (χ3n) is 13.3. The highest BCUT2D eigenvalue weighted by Gasteiger charge is 2.19. The average Bonchev–Trinajstić information content (AvgIpc) is 3.45. The lowest BCUT2D eigenvalue weighted by Gasteiger charge is -2.18. The molecule has 1 unspecified atom stereocenters. The van der Waals surface area contributed by atoms with Crippen molar-refractivity contribution in [2.45, 2.75) is 284 Å². The summed E-state index contributed by atoms with van der Waals surface area (Å²) < 4.78 is 16.8. The second-order valence-corrected chi connectivity index (χ2v) is 20.9. The van der Waals surface area contributed by atoms with E-state index >= 15 is 0 Å². The molecular formula is C73H118O6. The summed E-state index contributed by atoms with van der Waals surface area (Å²) in [6.45, 7) is 6.46. The first-order valence-corrected chi connectivity index (χ1v) is 32.3. The summed E-state index contributed by atoms with van der Waals surface area (Å²) >= 11 is 0. The molecule has 6 nitrogen and oxygen atoms in total. The standard InChI is InChI=1S/C73H118O6/c1-4-7-10-13-16-19-21-23-25-27-29-31-32-33-34-35-36-37-38-39-40-42-43-45-47-49-51-54-57-60-63-66-72(75)78-69-70(68-77-71(74)65-62-59-56-53-18-15-12-9-6-3)79-73(76)67-64-61-58-55-52-50-48-46-44-41-30-28-26-24-22-20-17-14-11-8-5-2/h7,10,16,19,22-25,28-31,33-34,36-37,39-40,43-46,49,51,70H,4-6,8-9,11-15,17-18,20-21,26-27,32,35,38,41-42,47-48,50,52-69H2,1-3H3/b10-7-,19-16-,24-22-,25-23-,30-28-,31-29-,34-33-,37-36-,40-39-,45-43-,46-44-,51-49-. The van der Waals surface area contributed by atoms with Gasteiger partial charge >= 0.3 is 17.9 Å². The number of carbonyl (C=O) groups is 3. The monoisotopic (exact) mass is 1090 g/mol. The minimum atomic E-state index is -0.803. The highest BCUT2D eigenvalue weighted by molar-refractivity contribution is 5.71. The lowest BCUT2D eigenvalue weighted by atomic mass is 10.1. The molecular weight excluding hydrogens is 973 g/mol. The number of esters is 3. The van der Waals surface area contributed by atoms with Gasteiger partial charge in [0.1, 0.15) is 13.2 Å². The summed E-state index contributed by atoms with van der Waals surface area (Å²) in [4.78, 5) is 38.2. The zero-order chi connectivity index (χ0) is 57.1. The predicted octanol–water partition coefficient (Wildman–Crippen LogP) is 22.3. The van der Waals surface area contributed by atoms with Crippen LogP contribution in [0.15, 0.2) is 146 Å². The lowest BCUT2D eigenvalue weighted by Crippen LogP contribution is -2.30. The molecule has 0 aromatic rings. The van der Waals surface area contributed by atoms with Gasteiger partial charge in [0, 0.05) is 19.3 Å². The summed E-state index contributed by atoms with van der Waals surface area (Å²) in [5, 5.41) is 0. The number of ether oxygens (including phenoxy) is 3. The number of allylic oxidation sites excluding steroid dienone is 24. The molecule has 0 saturated carbocycles. The van der Waals surface area contributed by atoms with Crippen LogP contribution < -0.4 is 0 Å².